The van der Waals surface area contributed by atoms with E-state index < -0.39 is 0 Å². The van der Waals surface area contributed by atoms with Crippen LogP contribution < -0.4 is 5.32 Å². The third-order valence-electron chi connectivity index (χ3n) is 4.32. The van der Waals surface area contributed by atoms with Crippen molar-refractivity contribution in [3.8, 4) is 11.5 Å². The lowest BCUT2D eigenvalue weighted by Crippen LogP contribution is -2.29. The lowest BCUT2D eigenvalue weighted by molar-refractivity contribution is 0.185. The first kappa shape index (κ1) is 15.7. The molecule has 25 heavy (non-hydrogen) atoms. The van der Waals surface area contributed by atoms with E-state index in [0.29, 0.717) is 24.2 Å². The smallest absolute Gasteiger partial charge is 0.259 e. The van der Waals surface area contributed by atoms with E-state index in [-0.39, 0.29) is 6.04 Å². The maximum atomic E-state index is 5.67. The molecule has 4 heterocycles. The van der Waals surface area contributed by atoms with E-state index in [9.17, 15) is 0 Å². The quantitative estimate of drug-likeness (QED) is 0.765. The Labute approximate surface area is 145 Å². The number of anilines is 1. The Morgan fingerprint density at radius 1 is 1.16 bits per heavy atom. The minimum Gasteiger partial charge on any atom is -0.379 e. The van der Waals surface area contributed by atoms with Crippen molar-refractivity contribution in [1.29, 1.82) is 0 Å². The van der Waals surface area contributed by atoms with Gasteiger partial charge in [-0.2, -0.15) is 4.98 Å². The molecule has 3 aromatic rings. The van der Waals surface area contributed by atoms with Gasteiger partial charge in [-0.1, -0.05) is 5.16 Å². The maximum Gasteiger partial charge on any atom is 0.259 e. The number of hydrogen-bond acceptors (Lipinski definition) is 7. The minimum atomic E-state index is 0.233. The molecule has 0 bridgehead atoms. The molecule has 1 aliphatic rings. The highest BCUT2D eigenvalue weighted by Crippen LogP contribution is 2.23. The number of aryl methyl sites for hydroxylation is 1. The van der Waals surface area contributed by atoms with Gasteiger partial charge in [-0.25, -0.2) is 4.98 Å². The van der Waals surface area contributed by atoms with Crippen molar-refractivity contribution in [2.24, 2.45) is 5.92 Å². The molecule has 1 saturated heterocycles. The normalized spacial score (nSPS) is 19.9. The van der Waals surface area contributed by atoms with Crippen LogP contribution in [0, 0.1) is 12.8 Å². The van der Waals surface area contributed by atoms with E-state index >= 15 is 0 Å². The summed E-state index contributed by atoms with van der Waals surface area (Å²) in [6.45, 7) is 3.22. The van der Waals surface area contributed by atoms with Crippen LogP contribution in [0.15, 0.2) is 47.4 Å². The van der Waals surface area contributed by atoms with Crippen LogP contribution in [0.2, 0.25) is 0 Å². The van der Waals surface area contributed by atoms with Gasteiger partial charge in [0.1, 0.15) is 5.82 Å². The standard InChI is InChI=1S/C18H19N5O2/c1-12-21-18(25-23-12)14-2-3-17(20-9-14)22-16-11-24-10-15(16)8-13-4-6-19-7-5-13/h2-7,9,15-16H,8,10-11H2,1H3,(H,20,22)/t15-,16+/m1/s1. The lowest BCUT2D eigenvalue weighted by Gasteiger charge is -2.19. The lowest BCUT2D eigenvalue weighted by atomic mass is 9.95. The van der Waals surface area contributed by atoms with Crippen LogP contribution in [0.3, 0.4) is 0 Å². The van der Waals surface area contributed by atoms with Crippen LogP contribution in [0.5, 0.6) is 0 Å². The summed E-state index contributed by atoms with van der Waals surface area (Å²) in [5.41, 5.74) is 2.08. The molecule has 3 aromatic heterocycles. The molecule has 7 nitrogen and oxygen atoms in total. The fraction of sp³-hybridized carbons (Fsp3) is 0.333. The van der Waals surface area contributed by atoms with E-state index in [2.05, 4.69) is 37.6 Å². The highest BCUT2D eigenvalue weighted by Gasteiger charge is 2.28. The van der Waals surface area contributed by atoms with Crippen LogP contribution >= 0.6 is 0 Å². The molecule has 0 saturated carbocycles. The van der Waals surface area contributed by atoms with Gasteiger partial charge in [0, 0.05) is 24.5 Å². The fourth-order valence-electron chi connectivity index (χ4n) is 2.99. The highest BCUT2D eigenvalue weighted by atomic mass is 16.5. The zero-order valence-electron chi connectivity index (χ0n) is 13.9. The second-order valence-corrected chi connectivity index (χ2v) is 6.19. The van der Waals surface area contributed by atoms with Gasteiger partial charge in [0.15, 0.2) is 5.82 Å². The number of nitrogens with zero attached hydrogens (tertiary/aromatic N) is 4. The summed E-state index contributed by atoms with van der Waals surface area (Å²) in [6, 6.07) is 8.19. The molecule has 0 unspecified atom stereocenters. The van der Waals surface area contributed by atoms with Crippen molar-refractivity contribution >= 4 is 5.82 Å². The summed E-state index contributed by atoms with van der Waals surface area (Å²) in [5, 5.41) is 7.27. The largest absolute Gasteiger partial charge is 0.379 e. The van der Waals surface area contributed by atoms with Crippen LogP contribution in [-0.4, -0.2) is 39.4 Å². The number of ether oxygens (including phenoxy) is 1. The Morgan fingerprint density at radius 2 is 2.04 bits per heavy atom. The second kappa shape index (κ2) is 6.98. The molecule has 0 aliphatic carbocycles. The molecule has 0 spiro atoms. The number of nitrogens with one attached hydrogen (secondary N) is 1. The first-order chi connectivity index (χ1) is 12.3. The molecule has 7 heteroatoms. The SMILES string of the molecule is Cc1noc(-c2ccc(N[C@H]3COC[C@H]3Cc3ccncc3)nc2)n1. The van der Waals surface area contributed by atoms with Crippen LogP contribution in [0.25, 0.3) is 11.5 Å². The number of rotatable bonds is 5. The summed E-state index contributed by atoms with van der Waals surface area (Å²) in [6.07, 6.45) is 6.35. The van der Waals surface area contributed by atoms with Crippen LogP contribution in [-0.2, 0) is 11.2 Å². The van der Waals surface area contributed by atoms with Gasteiger partial charge in [-0.3, -0.25) is 4.98 Å². The van der Waals surface area contributed by atoms with Crippen LogP contribution in [0.4, 0.5) is 5.82 Å². The van der Waals surface area contributed by atoms with E-state index in [1.165, 1.54) is 5.56 Å². The van der Waals surface area contributed by atoms with Crippen LogP contribution in [0.1, 0.15) is 11.4 Å². The van der Waals surface area contributed by atoms with Gasteiger partial charge in [0.2, 0.25) is 0 Å². The Hall–Kier alpha value is -2.80. The monoisotopic (exact) mass is 337 g/mol. The number of aromatic nitrogens is 4. The predicted molar refractivity (Wildman–Crippen MR) is 91.9 cm³/mol. The van der Waals surface area contributed by atoms with Gasteiger partial charge in [0.05, 0.1) is 24.8 Å². The molecular formula is C18H19N5O2. The van der Waals surface area contributed by atoms with Crippen molar-refractivity contribution in [2.45, 2.75) is 19.4 Å². The zero-order chi connectivity index (χ0) is 17.1. The van der Waals surface area contributed by atoms with E-state index in [1.54, 1.807) is 13.1 Å². The molecule has 0 amide bonds. The van der Waals surface area contributed by atoms with Crippen molar-refractivity contribution in [3.63, 3.8) is 0 Å². The summed E-state index contributed by atoms with van der Waals surface area (Å²) in [5.74, 6) is 2.31. The fourth-order valence-corrected chi connectivity index (χ4v) is 2.99. The first-order valence-corrected chi connectivity index (χ1v) is 8.28. The molecule has 4 rings (SSSR count). The molecule has 2 atom stereocenters. The van der Waals surface area contributed by atoms with Crippen molar-refractivity contribution in [1.82, 2.24) is 20.1 Å². The highest BCUT2D eigenvalue weighted by molar-refractivity contribution is 5.54. The third-order valence-corrected chi connectivity index (χ3v) is 4.32. The Bertz CT molecular complexity index is 819. The van der Waals surface area contributed by atoms with Gasteiger partial charge < -0.3 is 14.6 Å². The molecule has 1 N–H and O–H groups in total. The second-order valence-electron chi connectivity index (χ2n) is 6.19. The third kappa shape index (κ3) is 3.66. The predicted octanol–water partition coefficient (Wildman–Crippen LogP) is 2.50. The number of pyridine rings is 2. The average molecular weight is 337 g/mol. The first-order valence-electron chi connectivity index (χ1n) is 8.28. The zero-order valence-corrected chi connectivity index (χ0v) is 13.9. The van der Waals surface area contributed by atoms with Gasteiger partial charge in [-0.05, 0) is 43.2 Å². The Balaban J connectivity index is 1.42. The molecule has 128 valence electrons. The molecular weight excluding hydrogens is 318 g/mol. The van der Waals surface area contributed by atoms with Crippen molar-refractivity contribution < 1.29 is 9.26 Å². The maximum absolute atomic E-state index is 5.67. The van der Waals surface area contributed by atoms with E-state index in [0.717, 1.165) is 24.4 Å². The average Bonchev–Trinajstić information content (AvgIpc) is 3.26. The summed E-state index contributed by atoms with van der Waals surface area (Å²) >= 11 is 0. The van der Waals surface area contributed by atoms with Gasteiger partial charge in [-0.15, -0.1) is 0 Å². The molecule has 1 aliphatic heterocycles. The topological polar surface area (TPSA) is 86.0 Å². The Morgan fingerprint density at radius 3 is 2.76 bits per heavy atom. The number of hydrogen-bond donors (Lipinski definition) is 1. The van der Waals surface area contributed by atoms with Crippen molar-refractivity contribution in [2.75, 3.05) is 18.5 Å². The summed E-state index contributed by atoms with van der Waals surface area (Å²) in [4.78, 5) is 12.7. The van der Waals surface area contributed by atoms with E-state index in [4.69, 9.17) is 9.26 Å². The van der Waals surface area contributed by atoms with Crippen molar-refractivity contribution in [3.05, 3.63) is 54.2 Å². The summed E-state index contributed by atoms with van der Waals surface area (Å²) in [7, 11) is 0. The molecule has 0 aromatic carbocycles. The van der Waals surface area contributed by atoms with Gasteiger partial charge >= 0.3 is 0 Å². The van der Waals surface area contributed by atoms with E-state index in [1.807, 2.05) is 24.5 Å². The molecule has 0 radical (unpaired) electrons. The summed E-state index contributed by atoms with van der Waals surface area (Å²) < 4.78 is 10.8. The Kier molecular flexibility index (Phi) is 4.39. The van der Waals surface area contributed by atoms with Gasteiger partial charge in [0.25, 0.3) is 5.89 Å². The molecule has 1 fully saturated rings. The minimum absolute atomic E-state index is 0.233.